The van der Waals surface area contributed by atoms with E-state index in [1.165, 1.54) is 16.2 Å². The van der Waals surface area contributed by atoms with Gasteiger partial charge in [-0.3, -0.25) is 9.59 Å². The fourth-order valence-electron chi connectivity index (χ4n) is 2.44. The summed E-state index contributed by atoms with van der Waals surface area (Å²) in [7, 11) is 1.55. The molecule has 1 heterocycles. The molecular weight excluding hydrogens is 366 g/mol. The van der Waals surface area contributed by atoms with Crippen LogP contribution >= 0.6 is 11.3 Å². The number of rotatable bonds is 10. The van der Waals surface area contributed by atoms with Crippen molar-refractivity contribution in [3.8, 4) is 5.75 Å². The van der Waals surface area contributed by atoms with E-state index in [2.05, 4.69) is 10.3 Å². The Labute approximate surface area is 163 Å². The smallest absolute Gasteiger partial charge is 0.254 e. The zero-order valence-electron chi connectivity index (χ0n) is 15.9. The molecule has 8 heteroatoms. The van der Waals surface area contributed by atoms with Crippen LogP contribution in [0.5, 0.6) is 5.75 Å². The van der Waals surface area contributed by atoms with Gasteiger partial charge in [-0.15, -0.1) is 11.3 Å². The lowest BCUT2D eigenvalue weighted by atomic mass is 10.2. The van der Waals surface area contributed by atoms with Crippen molar-refractivity contribution in [3.63, 3.8) is 0 Å². The van der Waals surface area contributed by atoms with E-state index in [0.29, 0.717) is 42.6 Å². The lowest BCUT2D eigenvalue weighted by Gasteiger charge is -2.22. The zero-order chi connectivity index (χ0) is 19.6. The topological polar surface area (TPSA) is 80.8 Å². The number of carbonyl (C=O) groups is 2. The maximum Gasteiger partial charge on any atom is 0.254 e. The van der Waals surface area contributed by atoms with Gasteiger partial charge in [-0.05, 0) is 38.5 Å². The molecule has 0 saturated heterocycles. The minimum atomic E-state index is -0.281. The predicted octanol–water partition coefficient (Wildman–Crippen LogP) is 2.97. The number of carbonyl (C=O) groups excluding carboxylic acids is 2. The van der Waals surface area contributed by atoms with Crippen molar-refractivity contribution in [2.24, 2.45) is 0 Å². The predicted molar refractivity (Wildman–Crippen MR) is 105 cm³/mol. The minimum absolute atomic E-state index is 0.0548. The molecule has 146 valence electrons. The maximum atomic E-state index is 12.9. The van der Waals surface area contributed by atoms with Crippen LogP contribution in [0.4, 0.5) is 5.13 Å². The number of nitrogens with zero attached hydrogens (tertiary/aromatic N) is 2. The first-order valence-corrected chi connectivity index (χ1v) is 9.64. The average molecular weight is 391 g/mol. The number of nitrogens with one attached hydrogen (secondary N) is 1. The molecule has 0 radical (unpaired) electrons. The molecule has 2 amide bonds. The van der Waals surface area contributed by atoms with Gasteiger partial charge in [0.05, 0.1) is 12.8 Å². The van der Waals surface area contributed by atoms with Crippen molar-refractivity contribution >= 4 is 28.3 Å². The fraction of sp³-hybridized carbons (Fsp3) is 0.421. The molecule has 0 aliphatic rings. The van der Waals surface area contributed by atoms with Gasteiger partial charge in [0.15, 0.2) is 5.13 Å². The Hall–Kier alpha value is -2.45. The van der Waals surface area contributed by atoms with Gasteiger partial charge in [0.1, 0.15) is 12.3 Å². The van der Waals surface area contributed by atoms with E-state index < -0.39 is 0 Å². The Kier molecular flexibility index (Phi) is 8.22. The number of benzene rings is 1. The summed E-state index contributed by atoms with van der Waals surface area (Å²) in [5.74, 6) is 0.0886. The van der Waals surface area contributed by atoms with Crippen LogP contribution in [0.15, 0.2) is 29.6 Å². The SMILES string of the molecule is CCOCCCN(CC(=O)Nc1nc(C)cs1)C(=O)c1cccc(OC)c1. The van der Waals surface area contributed by atoms with E-state index in [0.717, 1.165) is 5.69 Å². The van der Waals surface area contributed by atoms with Crippen LogP contribution in [0.1, 0.15) is 29.4 Å². The van der Waals surface area contributed by atoms with Crippen molar-refractivity contribution in [1.29, 1.82) is 0 Å². The molecule has 1 aromatic heterocycles. The second-order valence-corrected chi connectivity index (χ2v) is 6.71. The molecule has 1 aromatic carbocycles. The molecule has 0 saturated carbocycles. The van der Waals surface area contributed by atoms with Crippen LogP contribution in [-0.4, -0.2) is 55.1 Å². The third-order valence-electron chi connectivity index (χ3n) is 3.72. The van der Waals surface area contributed by atoms with Crippen molar-refractivity contribution in [1.82, 2.24) is 9.88 Å². The molecule has 0 spiro atoms. The second kappa shape index (κ2) is 10.6. The van der Waals surface area contributed by atoms with Gasteiger partial charge >= 0.3 is 0 Å². The Morgan fingerprint density at radius 1 is 1.33 bits per heavy atom. The molecule has 7 nitrogen and oxygen atoms in total. The lowest BCUT2D eigenvalue weighted by molar-refractivity contribution is -0.116. The average Bonchev–Trinajstić information content (AvgIpc) is 3.08. The number of aryl methyl sites for hydroxylation is 1. The largest absolute Gasteiger partial charge is 0.497 e. The zero-order valence-corrected chi connectivity index (χ0v) is 16.7. The summed E-state index contributed by atoms with van der Waals surface area (Å²) in [6.07, 6.45) is 0.646. The molecule has 0 unspecified atom stereocenters. The monoisotopic (exact) mass is 391 g/mol. The minimum Gasteiger partial charge on any atom is -0.497 e. The summed E-state index contributed by atoms with van der Waals surface area (Å²) < 4.78 is 10.5. The molecular formula is C19H25N3O4S. The molecule has 0 aliphatic carbocycles. The molecule has 2 rings (SSSR count). The Morgan fingerprint density at radius 3 is 2.81 bits per heavy atom. The first-order valence-electron chi connectivity index (χ1n) is 8.76. The van der Waals surface area contributed by atoms with Crippen LogP contribution in [0, 0.1) is 6.92 Å². The first-order chi connectivity index (χ1) is 13.0. The van der Waals surface area contributed by atoms with E-state index in [1.807, 2.05) is 19.2 Å². The number of hydrogen-bond donors (Lipinski definition) is 1. The highest BCUT2D eigenvalue weighted by Gasteiger charge is 2.20. The molecule has 0 atom stereocenters. The number of aromatic nitrogens is 1. The quantitative estimate of drug-likeness (QED) is 0.630. The maximum absolute atomic E-state index is 12.9. The number of methoxy groups -OCH3 is 1. The summed E-state index contributed by atoms with van der Waals surface area (Å²) in [6.45, 7) is 5.29. The molecule has 0 aliphatic heterocycles. The molecule has 0 fully saturated rings. The van der Waals surface area contributed by atoms with Crippen molar-refractivity contribution in [3.05, 3.63) is 40.9 Å². The van der Waals surface area contributed by atoms with Gasteiger partial charge in [-0.25, -0.2) is 4.98 Å². The van der Waals surface area contributed by atoms with Crippen LogP contribution in [0.25, 0.3) is 0 Å². The fourth-order valence-corrected chi connectivity index (χ4v) is 3.14. The van der Waals surface area contributed by atoms with E-state index >= 15 is 0 Å². The number of anilines is 1. The van der Waals surface area contributed by atoms with E-state index in [-0.39, 0.29) is 18.4 Å². The van der Waals surface area contributed by atoms with E-state index in [9.17, 15) is 9.59 Å². The Bertz CT molecular complexity index is 763. The van der Waals surface area contributed by atoms with Gasteiger partial charge in [0.25, 0.3) is 5.91 Å². The number of ether oxygens (including phenoxy) is 2. The normalized spacial score (nSPS) is 10.5. The summed E-state index contributed by atoms with van der Waals surface area (Å²) >= 11 is 1.36. The number of thiazole rings is 1. The number of hydrogen-bond acceptors (Lipinski definition) is 6. The summed E-state index contributed by atoms with van der Waals surface area (Å²) in [5, 5.41) is 5.13. The summed E-state index contributed by atoms with van der Waals surface area (Å²) in [5.41, 5.74) is 1.32. The lowest BCUT2D eigenvalue weighted by Crippen LogP contribution is -2.39. The molecule has 27 heavy (non-hydrogen) atoms. The standard InChI is InChI=1S/C19H25N3O4S/c1-4-26-10-6-9-22(12-17(23)21-19-20-14(2)13-27-19)18(24)15-7-5-8-16(11-15)25-3/h5,7-8,11,13H,4,6,9-10,12H2,1-3H3,(H,20,21,23). The van der Waals surface area contributed by atoms with Crippen LogP contribution in [0.3, 0.4) is 0 Å². The van der Waals surface area contributed by atoms with Crippen LogP contribution in [0.2, 0.25) is 0 Å². The van der Waals surface area contributed by atoms with Crippen molar-refractivity contribution in [2.75, 3.05) is 38.7 Å². The van der Waals surface area contributed by atoms with Gasteiger partial charge in [0, 0.05) is 30.7 Å². The van der Waals surface area contributed by atoms with Gasteiger partial charge in [-0.2, -0.15) is 0 Å². The molecule has 0 bridgehead atoms. The highest BCUT2D eigenvalue weighted by molar-refractivity contribution is 7.13. The Balaban J connectivity index is 2.06. The van der Waals surface area contributed by atoms with Crippen LogP contribution in [-0.2, 0) is 9.53 Å². The summed E-state index contributed by atoms with van der Waals surface area (Å²) in [6, 6.07) is 6.90. The third-order valence-corrected chi connectivity index (χ3v) is 4.60. The van der Waals surface area contributed by atoms with E-state index in [1.54, 1.807) is 31.4 Å². The summed E-state index contributed by atoms with van der Waals surface area (Å²) in [4.78, 5) is 31.0. The third kappa shape index (κ3) is 6.65. The Morgan fingerprint density at radius 2 is 2.15 bits per heavy atom. The van der Waals surface area contributed by atoms with Crippen molar-refractivity contribution in [2.45, 2.75) is 20.3 Å². The number of amides is 2. The van der Waals surface area contributed by atoms with Crippen molar-refractivity contribution < 1.29 is 19.1 Å². The van der Waals surface area contributed by atoms with Gasteiger partial charge in [-0.1, -0.05) is 6.07 Å². The molecule has 1 N–H and O–H groups in total. The molecule has 2 aromatic rings. The second-order valence-electron chi connectivity index (χ2n) is 5.85. The highest BCUT2D eigenvalue weighted by atomic mass is 32.1. The van der Waals surface area contributed by atoms with Gasteiger partial charge in [0.2, 0.25) is 5.91 Å². The first kappa shape index (κ1) is 20.9. The van der Waals surface area contributed by atoms with E-state index in [4.69, 9.17) is 9.47 Å². The highest BCUT2D eigenvalue weighted by Crippen LogP contribution is 2.16. The van der Waals surface area contributed by atoms with Gasteiger partial charge < -0.3 is 19.7 Å². The van der Waals surface area contributed by atoms with Crippen LogP contribution < -0.4 is 10.1 Å².